The summed E-state index contributed by atoms with van der Waals surface area (Å²) in [5.74, 6) is 8.05. The van der Waals surface area contributed by atoms with E-state index in [2.05, 4.69) is 49.9 Å². The highest BCUT2D eigenvalue weighted by Gasteiger charge is 2.21. The van der Waals surface area contributed by atoms with Crippen LogP contribution in [0.15, 0.2) is 53.4 Å². The Labute approximate surface area is 147 Å². The summed E-state index contributed by atoms with van der Waals surface area (Å²) in [6.07, 6.45) is 0. The van der Waals surface area contributed by atoms with Crippen molar-refractivity contribution in [1.29, 1.82) is 0 Å². The molecule has 5 heteroatoms. The lowest BCUT2D eigenvalue weighted by Crippen LogP contribution is -2.22. The zero-order valence-corrected chi connectivity index (χ0v) is 16.1. The van der Waals surface area contributed by atoms with E-state index in [1.807, 2.05) is 31.2 Å². The van der Waals surface area contributed by atoms with Crippen LogP contribution in [-0.2, 0) is 13.4 Å². The maximum absolute atomic E-state index is 5.62. The van der Waals surface area contributed by atoms with Crippen LogP contribution < -0.4 is 0 Å². The van der Waals surface area contributed by atoms with E-state index in [0.717, 1.165) is 10.5 Å². The van der Waals surface area contributed by atoms with E-state index in [1.54, 1.807) is 0 Å². The molecule has 0 saturated heterocycles. The third-order valence-corrected chi connectivity index (χ3v) is 5.35. The topological polar surface area (TPSA) is 27.7 Å². The van der Waals surface area contributed by atoms with Crippen LogP contribution in [0.25, 0.3) is 0 Å². The zero-order chi connectivity index (χ0) is 18.2. The van der Waals surface area contributed by atoms with Crippen LogP contribution >= 0.6 is 9.49 Å². The second kappa shape index (κ2) is 9.69. The van der Waals surface area contributed by atoms with Crippen LogP contribution in [0.3, 0.4) is 0 Å². The van der Waals surface area contributed by atoms with Crippen molar-refractivity contribution >= 4 is 28.5 Å². The second-order valence-electron chi connectivity index (χ2n) is 5.52. The van der Waals surface area contributed by atoms with E-state index in [9.17, 15) is 0 Å². The summed E-state index contributed by atoms with van der Waals surface area (Å²) < 4.78 is 15.6. The molecule has 130 valence electrons. The molecule has 0 aliphatic carbocycles. The van der Waals surface area contributed by atoms with Crippen LogP contribution in [0.1, 0.15) is 16.7 Å². The minimum atomic E-state index is -1.86. The molecule has 2 rings (SSSR count). The molecule has 0 aliphatic heterocycles. The molecule has 0 aromatic heterocycles. The maximum atomic E-state index is 5.62. The smallest absolute Gasteiger partial charge is 0.388 e. The van der Waals surface area contributed by atoms with E-state index in [1.165, 1.54) is 25.3 Å². The van der Waals surface area contributed by atoms with Crippen LogP contribution in [0.5, 0.6) is 0 Å². The Morgan fingerprint density at radius 3 is 1.54 bits per heavy atom. The van der Waals surface area contributed by atoms with Gasteiger partial charge in [-0.05, 0) is 43.5 Å². The first-order valence-electron chi connectivity index (χ1n) is 7.63. The van der Waals surface area contributed by atoms with Crippen LogP contribution in [0.2, 0.25) is 0 Å². The fourth-order valence-corrected chi connectivity index (χ4v) is 3.56. The summed E-state index contributed by atoms with van der Waals surface area (Å²) in [5, 5.41) is 0. The summed E-state index contributed by atoms with van der Waals surface area (Å²) in [6.45, 7) is 6.25. The van der Waals surface area contributed by atoms with Gasteiger partial charge in [-0.15, -0.1) is 0 Å². The lowest BCUT2D eigenvalue weighted by molar-refractivity contribution is 0.212. The molecule has 0 aliphatic rings. The van der Waals surface area contributed by atoms with E-state index < -0.39 is 16.8 Å². The predicted octanol–water partition coefficient (Wildman–Crippen LogP) is 4.54. The quantitative estimate of drug-likeness (QED) is 0.588. The van der Waals surface area contributed by atoms with Crippen molar-refractivity contribution in [3.8, 4) is 0 Å². The first kappa shape index (κ1) is 20.5. The van der Waals surface area contributed by atoms with Gasteiger partial charge in [-0.25, -0.2) is 0 Å². The molecule has 0 amide bonds. The average Bonchev–Trinajstić information content (AvgIpc) is 2.56. The van der Waals surface area contributed by atoms with Gasteiger partial charge >= 0.3 is 7.32 Å². The Hall–Kier alpha value is -1.53. The molecule has 24 heavy (non-hydrogen) atoms. The minimum Gasteiger partial charge on any atom is -0.388 e. The molecule has 0 spiro atoms. The summed E-state index contributed by atoms with van der Waals surface area (Å²) in [4.78, 5) is 0.995. The van der Waals surface area contributed by atoms with Gasteiger partial charge in [-0.1, -0.05) is 63.7 Å². The molecule has 2 aromatic carbocycles. The zero-order valence-electron chi connectivity index (χ0n) is 15.2. The van der Waals surface area contributed by atoms with E-state index in [4.69, 9.17) is 13.4 Å². The van der Waals surface area contributed by atoms with Gasteiger partial charge in [-0.3, -0.25) is 0 Å². The third-order valence-electron chi connectivity index (χ3n) is 3.57. The summed E-state index contributed by atoms with van der Waals surface area (Å²) >= 11 is 0. The normalized spacial score (nSPS) is 10.7. The summed E-state index contributed by atoms with van der Waals surface area (Å²) in [5.41, 5.74) is 3.84. The fourth-order valence-electron chi connectivity index (χ4n) is 2.01. The molecule has 0 fully saturated rings. The molecular formula is C19H27BO3S. The van der Waals surface area contributed by atoms with Crippen molar-refractivity contribution in [1.82, 2.24) is 0 Å². The highest BCUT2D eigenvalue weighted by Crippen LogP contribution is 2.36. The second-order valence-corrected chi connectivity index (χ2v) is 7.77. The van der Waals surface area contributed by atoms with Gasteiger partial charge in [0.05, 0.1) is 0 Å². The Balaban J connectivity index is 0.000000300. The average molecular weight is 346 g/mol. The maximum Gasteiger partial charge on any atom is 0.650 e. The van der Waals surface area contributed by atoms with Gasteiger partial charge in [0.15, 0.2) is 0 Å². The molecular weight excluding hydrogens is 319 g/mol. The van der Waals surface area contributed by atoms with Crippen molar-refractivity contribution in [3.63, 3.8) is 0 Å². The van der Waals surface area contributed by atoms with Crippen molar-refractivity contribution in [2.75, 3.05) is 14.2 Å². The summed E-state index contributed by atoms with van der Waals surface area (Å²) in [6, 6.07) is 16.2. The predicted molar refractivity (Wildman–Crippen MR) is 108 cm³/mol. The molecule has 0 radical (unpaired) electrons. The number of benzene rings is 2. The first-order valence-corrected chi connectivity index (χ1v) is 9.52. The van der Waals surface area contributed by atoms with Crippen LogP contribution in [0, 0.1) is 20.8 Å². The van der Waals surface area contributed by atoms with Gasteiger partial charge in [0.25, 0.3) is 0 Å². The molecule has 2 aromatic rings. The van der Waals surface area contributed by atoms with Crippen molar-refractivity contribution in [2.45, 2.75) is 25.7 Å². The third kappa shape index (κ3) is 6.17. The molecule has 0 saturated carbocycles. The number of hydrogen-bond acceptors (Lipinski definition) is 3. The lowest BCUT2D eigenvalue weighted by atomic mass is 10.1. The van der Waals surface area contributed by atoms with E-state index in [-0.39, 0.29) is 0 Å². The monoisotopic (exact) mass is 346 g/mol. The molecule has 0 atom stereocenters. The minimum absolute atomic E-state index is 0.732. The first-order chi connectivity index (χ1) is 11.3. The molecule has 0 N–H and O–H groups in total. The number of aryl methyl sites for hydroxylation is 3. The standard InChI is InChI=1S/C11H17BO3S.C8H10/c1-10-8-6-7-9-11(10)16(4,5)15-12(13-2)14-3;1-7-5-3-4-6-8(7)2/h6-9H,4-5H2,1-3H3;3-6H,1-2H3. The molecule has 0 heterocycles. The van der Waals surface area contributed by atoms with Gasteiger partial charge in [0, 0.05) is 19.1 Å². The molecule has 3 nitrogen and oxygen atoms in total. The Bertz CT molecular complexity index is 717. The van der Waals surface area contributed by atoms with Crippen molar-refractivity contribution in [2.24, 2.45) is 0 Å². The van der Waals surface area contributed by atoms with E-state index >= 15 is 0 Å². The van der Waals surface area contributed by atoms with Crippen LogP contribution in [0.4, 0.5) is 0 Å². The van der Waals surface area contributed by atoms with Crippen molar-refractivity contribution in [3.05, 3.63) is 65.2 Å². The van der Waals surface area contributed by atoms with Gasteiger partial charge < -0.3 is 13.4 Å². The molecule has 0 bridgehead atoms. The Morgan fingerprint density at radius 1 is 0.750 bits per heavy atom. The Morgan fingerprint density at radius 2 is 1.17 bits per heavy atom. The number of rotatable bonds is 5. The fraction of sp³-hybridized carbons (Fsp3) is 0.263. The van der Waals surface area contributed by atoms with Gasteiger partial charge in [0.2, 0.25) is 0 Å². The van der Waals surface area contributed by atoms with Gasteiger partial charge in [0.1, 0.15) is 0 Å². The molecule has 0 unspecified atom stereocenters. The highest BCUT2D eigenvalue weighted by molar-refractivity contribution is 8.24. The van der Waals surface area contributed by atoms with Gasteiger partial charge in [-0.2, -0.15) is 0 Å². The van der Waals surface area contributed by atoms with Crippen LogP contribution in [-0.4, -0.2) is 33.3 Å². The summed E-state index contributed by atoms with van der Waals surface area (Å²) in [7, 11) is 0.435. The van der Waals surface area contributed by atoms with Crippen molar-refractivity contribution < 1.29 is 13.4 Å². The highest BCUT2D eigenvalue weighted by atomic mass is 32.2. The largest absolute Gasteiger partial charge is 0.650 e. The van der Waals surface area contributed by atoms with E-state index in [0.29, 0.717) is 0 Å². The Kier molecular flexibility index (Phi) is 8.29. The SMILES string of the molecule is C=S(=C)(OB(OC)OC)c1ccccc1C.Cc1ccccc1C. The number of hydrogen-bond donors (Lipinski definition) is 0. The lowest BCUT2D eigenvalue weighted by Gasteiger charge is -2.20.